The second-order valence-electron chi connectivity index (χ2n) is 5.16. The molecule has 1 aromatic heterocycles. The number of carbonyl (C=O) groups is 1. The van der Waals surface area contributed by atoms with Gasteiger partial charge in [0.25, 0.3) is 0 Å². The minimum Gasteiger partial charge on any atom is -0.478 e. The number of nitrogens with zero attached hydrogens (tertiary/aromatic N) is 1. The van der Waals surface area contributed by atoms with Crippen LogP contribution in [0.3, 0.4) is 0 Å². The summed E-state index contributed by atoms with van der Waals surface area (Å²) >= 11 is 0. The number of fused-ring (bicyclic) bond motifs is 1. The number of hydrogen-bond acceptors (Lipinski definition) is 2. The maximum absolute atomic E-state index is 11.3. The van der Waals surface area contributed by atoms with E-state index in [0.29, 0.717) is 5.56 Å². The summed E-state index contributed by atoms with van der Waals surface area (Å²) in [5, 5.41) is 19.4. The van der Waals surface area contributed by atoms with Crippen LogP contribution in [0.1, 0.15) is 41.3 Å². The zero-order valence-corrected chi connectivity index (χ0v) is 12.0. The van der Waals surface area contributed by atoms with Crippen LogP contribution in [0.15, 0.2) is 18.3 Å². The molecule has 0 saturated heterocycles. The van der Waals surface area contributed by atoms with E-state index in [9.17, 15) is 9.90 Å². The van der Waals surface area contributed by atoms with E-state index in [1.165, 1.54) is 5.56 Å². The fourth-order valence-corrected chi connectivity index (χ4v) is 2.64. The Balaban J connectivity index is 2.59. The average Bonchev–Trinajstić information content (AvgIpc) is 2.73. The van der Waals surface area contributed by atoms with Crippen molar-refractivity contribution in [2.24, 2.45) is 0 Å². The molecule has 4 nitrogen and oxygen atoms in total. The maximum atomic E-state index is 11.3. The van der Waals surface area contributed by atoms with Gasteiger partial charge in [0.15, 0.2) is 0 Å². The van der Waals surface area contributed by atoms with Crippen LogP contribution in [-0.2, 0) is 13.0 Å². The molecule has 1 heterocycles. The number of aromatic carboxylic acids is 1. The van der Waals surface area contributed by atoms with Crippen molar-refractivity contribution in [3.63, 3.8) is 0 Å². The Kier molecular flexibility index (Phi) is 4.45. The molecule has 0 aliphatic carbocycles. The molecule has 108 valence electrons. The first kappa shape index (κ1) is 14.6. The van der Waals surface area contributed by atoms with Gasteiger partial charge in [0.1, 0.15) is 0 Å². The van der Waals surface area contributed by atoms with Crippen LogP contribution >= 0.6 is 0 Å². The van der Waals surface area contributed by atoms with E-state index >= 15 is 0 Å². The molecule has 0 atom stereocenters. The van der Waals surface area contributed by atoms with Crippen molar-refractivity contribution in [3.8, 4) is 0 Å². The summed E-state index contributed by atoms with van der Waals surface area (Å²) < 4.78 is 2.12. The molecule has 0 spiro atoms. The minimum absolute atomic E-state index is 0.173. The summed E-state index contributed by atoms with van der Waals surface area (Å²) in [5.41, 5.74) is 3.30. The molecule has 0 saturated carbocycles. The number of carboxylic acid groups (broad SMARTS) is 1. The van der Waals surface area contributed by atoms with E-state index in [1.54, 1.807) is 6.07 Å². The van der Waals surface area contributed by atoms with Crippen LogP contribution in [0.2, 0.25) is 0 Å². The number of aryl methyl sites for hydroxylation is 3. The first-order chi connectivity index (χ1) is 9.58. The molecule has 0 unspecified atom stereocenters. The smallest absolute Gasteiger partial charge is 0.336 e. The van der Waals surface area contributed by atoms with Crippen molar-refractivity contribution < 1.29 is 15.0 Å². The summed E-state index contributed by atoms with van der Waals surface area (Å²) in [6.45, 7) is 4.98. The lowest BCUT2D eigenvalue weighted by atomic mass is 10.0. The number of carboxylic acids is 1. The number of hydrogen-bond donors (Lipinski definition) is 2. The van der Waals surface area contributed by atoms with Gasteiger partial charge in [-0.15, -0.1) is 0 Å². The number of aromatic nitrogens is 1. The molecule has 0 radical (unpaired) electrons. The highest BCUT2D eigenvalue weighted by molar-refractivity contribution is 5.96. The molecule has 0 aliphatic heterocycles. The highest BCUT2D eigenvalue weighted by Crippen LogP contribution is 2.26. The van der Waals surface area contributed by atoms with E-state index in [2.05, 4.69) is 17.7 Å². The van der Waals surface area contributed by atoms with Gasteiger partial charge in [0.2, 0.25) is 0 Å². The van der Waals surface area contributed by atoms with Crippen molar-refractivity contribution in [1.29, 1.82) is 0 Å². The molecule has 2 rings (SSSR count). The number of aliphatic hydroxyl groups excluding tert-OH is 1. The zero-order valence-electron chi connectivity index (χ0n) is 12.0. The molecule has 1 aromatic carbocycles. The first-order valence-corrected chi connectivity index (χ1v) is 7.05. The van der Waals surface area contributed by atoms with E-state index in [0.717, 1.165) is 42.3 Å². The molecule has 0 bridgehead atoms. The van der Waals surface area contributed by atoms with Gasteiger partial charge in [0, 0.05) is 30.3 Å². The van der Waals surface area contributed by atoms with Crippen molar-refractivity contribution in [2.75, 3.05) is 6.61 Å². The van der Waals surface area contributed by atoms with Gasteiger partial charge in [-0.05, 0) is 49.4 Å². The quantitative estimate of drug-likeness (QED) is 0.852. The topological polar surface area (TPSA) is 62.5 Å². The Morgan fingerprint density at radius 2 is 2.10 bits per heavy atom. The molecule has 0 aliphatic rings. The fraction of sp³-hybridized carbons (Fsp3) is 0.438. The van der Waals surface area contributed by atoms with E-state index in [4.69, 9.17) is 5.11 Å². The third-order valence-electron chi connectivity index (χ3n) is 3.61. The molecule has 2 aromatic rings. The Morgan fingerprint density at radius 1 is 1.35 bits per heavy atom. The average molecular weight is 275 g/mol. The molecule has 2 N–H and O–H groups in total. The highest BCUT2D eigenvalue weighted by atomic mass is 16.4. The van der Waals surface area contributed by atoms with Gasteiger partial charge < -0.3 is 14.8 Å². The van der Waals surface area contributed by atoms with Crippen LogP contribution in [0.4, 0.5) is 0 Å². The fourth-order valence-electron chi connectivity index (χ4n) is 2.64. The zero-order chi connectivity index (χ0) is 14.7. The van der Waals surface area contributed by atoms with Crippen LogP contribution in [0, 0.1) is 6.92 Å². The maximum Gasteiger partial charge on any atom is 0.336 e. The molecule has 0 fully saturated rings. The Bertz CT molecular complexity index is 628. The van der Waals surface area contributed by atoms with Crippen LogP contribution < -0.4 is 0 Å². The van der Waals surface area contributed by atoms with Crippen molar-refractivity contribution in [3.05, 3.63) is 35.0 Å². The predicted molar refractivity (Wildman–Crippen MR) is 79.3 cm³/mol. The lowest BCUT2D eigenvalue weighted by molar-refractivity contribution is 0.0696. The molecule has 4 heteroatoms. The van der Waals surface area contributed by atoms with Gasteiger partial charge in [-0.25, -0.2) is 4.79 Å². The number of aliphatic hydroxyl groups is 1. The van der Waals surface area contributed by atoms with E-state index in [-0.39, 0.29) is 6.61 Å². The van der Waals surface area contributed by atoms with Gasteiger partial charge in [-0.1, -0.05) is 6.92 Å². The second kappa shape index (κ2) is 6.09. The second-order valence-corrected chi connectivity index (χ2v) is 5.16. The van der Waals surface area contributed by atoms with Crippen molar-refractivity contribution >= 4 is 16.9 Å². The van der Waals surface area contributed by atoms with Crippen LogP contribution in [0.5, 0.6) is 0 Å². The predicted octanol–water partition coefficient (Wildman–Crippen LogP) is 2.98. The summed E-state index contributed by atoms with van der Waals surface area (Å²) in [7, 11) is 0. The van der Waals surface area contributed by atoms with Crippen LogP contribution in [0.25, 0.3) is 10.9 Å². The molecule has 0 amide bonds. The monoisotopic (exact) mass is 275 g/mol. The minimum atomic E-state index is -0.884. The standard InChI is InChI=1S/C16H21NO3/c1-3-6-17-10-12(5-4-7-18)14-8-11(2)13(16(19)20)9-15(14)17/h8-10,18H,3-7H2,1-2H3,(H,19,20). The van der Waals surface area contributed by atoms with Crippen molar-refractivity contribution in [2.45, 2.75) is 39.7 Å². The summed E-state index contributed by atoms with van der Waals surface area (Å²) in [5.74, 6) is -0.884. The summed E-state index contributed by atoms with van der Waals surface area (Å²) in [6, 6.07) is 3.72. The first-order valence-electron chi connectivity index (χ1n) is 7.05. The summed E-state index contributed by atoms with van der Waals surface area (Å²) in [6.07, 6.45) is 4.63. The Morgan fingerprint density at radius 3 is 2.70 bits per heavy atom. The summed E-state index contributed by atoms with van der Waals surface area (Å²) in [4.78, 5) is 11.3. The number of benzene rings is 1. The number of rotatable bonds is 6. The van der Waals surface area contributed by atoms with Gasteiger partial charge >= 0.3 is 5.97 Å². The van der Waals surface area contributed by atoms with E-state index < -0.39 is 5.97 Å². The van der Waals surface area contributed by atoms with E-state index in [1.807, 2.05) is 13.0 Å². The van der Waals surface area contributed by atoms with Gasteiger partial charge in [-0.3, -0.25) is 0 Å². The molecular formula is C16H21NO3. The highest BCUT2D eigenvalue weighted by Gasteiger charge is 2.14. The largest absolute Gasteiger partial charge is 0.478 e. The Labute approximate surface area is 118 Å². The molecule has 20 heavy (non-hydrogen) atoms. The van der Waals surface area contributed by atoms with Gasteiger partial charge in [0.05, 0.1) is 5.56 Å². The third-order valence-corrected chi connectivity index (χ3v) is 3.61. The lowest BCUT2D eigenvalue weighted by Crippen LogP contribution is -2.01. The van der Waals surface area contributed by atoms with Crippen molar-refractivity contribution in [1.82, 2.24) is 4.57 Å². The lowest BCUT2D eigenvalue weighted by Gasteiger charge is -2.06. The molecular weight excluding hydrogens is 254 g/mol. The van der Waals surface area contributed by atoms with Crippen LogP contribution in [-0.4, -0.2) is 27.4 Å². The normalized spacial score (nSPS) is 11.2. The Hall–Kier alpha value is -1.81. The van der Waals surface area contributed by atoms with Gasteiger partial charge in [-0.2, -0.15) is 0 Å². The third kappa shape index (κ3) is 2.70. The SMILES string of the molecule is CCCn1cc(CCCO)c2cc(C)c(C(=O)O)cc21.